The molecule has 0 unspecified atom stereocenters. The van der Waals surface area contributed by atoms with Crippen LogP contribution in [0.5, 0.6) is 0 Å². The van der Waals surface area contributed by atoms with Crippen molar-refractivity contribution in [2.45, 2.75) is 23.1 Å². The standard InChI is InChI=1S/C20H17Cl4NO/c1-19(2)15-10-14(21)8-9-16(15)25(3)18(19)11-17(26)12-4-6-13(7-5-12)20(22,23)24/h4-11H,1-3H3/b18-11+. The molecule has 0 aromatic heterocycles. The first-order chi connectivity index (χ1) is 12.0. The smallest absolute Gasteiger partial charge is 0.216 e. The lowest BCUT2D eigenvalue weighted by Gasteiger charge is -2.24. The Morgan fingerprint density at radius 1 is 1.08 bits per heavy atom. The van der Waals surface area contributed by atoms with Gasteiger partial charge in [-0.15, -0.1) is 0 Å². The number of ketones is 1. The molecule has 0 radical (unpaired) electrons. The molecule has 1 heterocycles. The van der Waals surface area contributed by atoms with Crippen molar-refractivity contribution in [3.63, 3.8) is 0 Å². The Morgan fingerprint density at radius 2 is 1.69 bits per heavy atom. The second-order valence-corrected chi connectivity index (χ2v) is 9.53. The largest absolute Gasteiger partial charge is 0.347 e. The molecule has 0 saturated heterocycles. The number of hydrogen-bond acceptors (Lipinski definition) is 2. The molecule has 1 aliphatic heterocycles. The van der Waals surface area contributed by atoms with Crippen molar-refractivity contribution in [2.75, 3.05) is 11.9 Å². The van der Waals surface area contributed by atoms with Crippen LogP contribution in [0, 0.1) is 0 Å². The van der Waals surface area contributed by atoms with E-state index < -0.39 is 3.79 Å². The molecule has 3 rings (SSSR count). The Labute approximate surface area is 173 Å². The summed E-state index contributed by atoms with van der Waals surface area (Å²) >= 11 is 23.8. The van der Waals surface area contributed by atoms with Gasteiger partial charge in [-0.2, -0.15) is 0 Å². The highest BCUT2D eigenvalue weighted by atomic mass is 35.6. The van der Waals surface area contributed by atoms with Crippen LogP contribution < -0.4 is 4.90 Å². The molecule has 0 N–H and O–H groups in total. The fourth-order valence-electron chi connectivity index (χ4n) is 3.30. The van der Waals surface area contributed by atoms with Crippen LogP contribution in [0.15, 0.2) is 54.2 Å². The van der Waals surface area contributed by atoms with Crippen molar-refractivity contribution in [2.24, 2.45) is 0 Å². The number of carbonyl (C=O) groups excluding carboxylic acids is 1. The third-order valence-corrected chi connectivity index (χ3v) is 5.65. The molecule has 0 fully saturated rings. The minimum atomic E-state index is -1.51. The molecular formula is C20H17Cl4NO. The van der Waals surface area contributed by atoms with Crippen LogP contribution in [-0.4, -0.2) is 12.8 Å². The van der Waals surface area contributed by atoms with E-state index in [1.54, 1.807) is 30.3 Å². The van der Waals surface area contributed by atoms with Gasteiger partial charge in [-0.3, -0.25) is 4.79 Å². The Bertz CT molecular complexity index is 895. The summed E-state index contributed by atoms with van der Waals surface area (Å²) in [5, 5.41) is 0.681. The molecule has 2 nitrogen and oxygen atoms in total. The topological polar surface area (TPSA) is 20.3 Å². The molecular weight excluding hydrogens is 412 g/mol. The summed E-state index contributed by atoms with van der Waals surface area (Å²) in [4.78, 5) is 14.8. The fraction of sp³-hybridized carbons (Fsp3) is 0.250. The van der Waals surface area contributed by atoms with Gasteiger partial charge in [-0.05, 0) is 23.8 Å². The molecule has 2 aromatic carbocycles. The number of alkyl halides is 3. The predicted octanol–water partition coefficient (Wildman–Crippen LogP) is 6.66. The highest BCUT2D eigenvalue weighted by Gasteiger charge is 2.39. The number of likely N-dealkylation sites (N-methyl/N-ethyl adjacent to an activating group) is 1. The van der Waals surface area contributed by atoms with E-state index in [1.807, 2.05) is 30.1 Å². The Morgan fingerprint density at radius 3 is 2.27 bits per heavy atom. The fourth-order valence-corrected chi connectivity index (χ4v) is 3.85. The summed E-state index contributed by atoms with van der Waals surface area (Å²) in [7, 11) is 1.95. The number of anilines is 1. The maximum atomic E-state index is 12.8. The molecule has 0 atom stereocenters. The van der Waals surface area contributed by atoms with Crippen LogP contribution in [0.2, 0.25) is 5.02 Å². The molecule has 0 amide bonds. The molecule has 0 aliphatic carbocycles. The van der Waals surface area contributed by atoms with E-state index in [-0.39, 0.29) is 11.2 Å². The number of benzene rings is 2. The highest BCUT2D eigenvalue weighted by molar-refractivity contribution is 6.66. The lowest BCUT2D eigenvalue weighted by Crippen LogP contribution is -2.24. The first kappa shape index (κ1) is 19.6. The number of carbonyl (C=O) groups is 1. The number of nitrogens with zero attached hydrogens (tertiary/aromatic N) is 1. The van der Waals surface area contributed by atoms with Gasteiger partial charge in [0.2, 0.25) is 3.79 Å². The average Bonchev–Trinajstić information content (AvgIpc) is 2.75. The molecule has 0 saturated carbocycles. The van der Waals surface area contributed by atoms with Crippen LogP contribution >= 0.6 is 46.4 Å². The van der Waals surface area contributed by atoms with Crippen molar-refractivity contribution in [1.29, 1.82) is 0 Å². The van der Waals surface area contributed by atoms with Crippen molar-refractivity contribution in [1.82, 2.24) is 0 Å². The molecule has 136 valence electrons. The zero-order valence-corrected chi connectivity index (χ0v) is 17.5. The normalized spacial score (nSPS) is 17.5. The monoisotopic (exact) mass is 427 g/mol. The Hall–Kier alpha value is -1.19. The number of allylic oxidation sites excluding steroid dienone is 2. The number of hydrogen-bond donors (Lipinski definition) is 0. The summed E-state index contributed by atoms with van der Waals surface area (Å²) in [6, 6.07) is 12.4. The van der Waals surface area contributed by atoms with Gasteiger partial charge in [-0.25, -0.2) is 0 Å². The molecule has 0 spiro atoms. The summed E-state index contributed by atoms with van der Waals surface area (Å²) in [5.41, 5.74) is 3.77. The number of fused-ring (bicyclic) bond motifs is 1. The quantitative estimate of drug-likeness (QED) is 0.302. The summed E-state index contributed by atoms with van der Waals surface area (Å²) in [6.45, 7) is 4.16. The zero-order valence-electron chi connectivity index (χ0n) is 14.5. The van der Waals surface area contributed by atoms with Crippen molar-refractivity contribution in [3.8, 4) is 0 Å². The maximum absolute atomic E-state index is 12.8. The molecule has 1 aliphatic rings. The van der Waals surface area contributed by atoms with Gasteiger partial charge in [0, 0.05) is 46.1 Å². The first-order valence-electron chi connectivity index (χ1n) is 7.99. The minimum Gasteiger partial charge on any atom is -0.347 e. The van der Waals surface area contributed by atoms with Crippen molar-refractivity contribution >= 4 is 57.9 Å². The first-order valence-corrected chi connectivity index (χ1v) is 9.50. The molecule has 26 heavy (non-hydrogen) atoms. The Kier molecular flexibility index (Phi) is 5.09. The maximum Gasteiger partial charge on any atom is 0.216 e. The predicted molar refractivity (Wildman–Crippen MR) is 111 cm³/mol. The molecule has 2 aromatic rings. The molecule has 6 heteroatoms. The van der Waals surface area contributed by atoms with Gasteiger partial charge >= 0.3 is 0 Å². The van der Waals surface area contributed by atoms with Gasteiger partial charge in [0.1, 0.15) is 0 Å². The second-order valence-electron chi connectivity index (χ2n) is 6.81. The molecule has 0 bridgehead atoms. The second kappa shape index (κ2) is 6.76. The Balaban J connectivity index is 1.96. The minimum absolute atomic E-state index is 0.102. The van der Waals surface area contributed by atoms with E-state index in [1.165, 1.54) is 0 Å². The third-order valence-electron chi connectivity index (χ3n) is 4.76. The SMILES string of the molecule is CN1/C(=C/C(=O)c2ccc(C(Cl)(Cl)Cl)cc2)C(C)(C)c2cc(Cl)ccc21. The summed E-state index contributed by atoms with van der Waals surface area (Å²) in [6.07, 6.45) is 1.66. The van der Waals surface area contributed by atoms with Crippen LogP contribution in [0.1, 0.15) is 35.3 Å². The van der Waals surface area contributed by atoms with E-state index in [0.717, 1.165) is 16.9 Å². The van der Waals surface area contributed by atoms with E-state index in [4.69, 9.17) is 46.4 Å². The zero-order chi connectivity index (χ0) is 19.3. The number of halogens is 4. The van der Waals surface area contributed by atoms with E-state index in [2.05, 4.69) is 13.8 Å². The van der Waals surface area contributed by atoms with Crippen LogP contribution in [0.4, 0.5) is 5.69 Å². The van der Waals surface area contributed by atoms with Crippen LogP contribution in [0.25, 0.3) is 0 Å². The third kappa shape index (κ3) is 3.48. The van der Waals surface area contributed by atoms with Gasteiger partial charge in [0.15, 0.2) is 5.78 Å². The number of rotatable bonds is 2. The van der Waals surface area contributed by atoms with Crippen molar-refractivity contribution < 1.29 is 4.79 Å². The van der Waals surface area contributed by atoms with Gasteiger partial charge < -0.3 is 4.90 Å². The van der Waals surface area contributed by atoms with Gasteiger partial charge in [0.05, 0.1) is 0 Å². The van der Waals surface area contributed by atoms with E-state index >= 15 is 0 Å². The lowest BCUT2D eigenvalue weighted by molar-refractivity contribution is 0.104. The van der Waals surface area contributed by atoms with E-state index in [0.29, 0.717) is 16.1 Å². The van der Waals surface area contributed by atoms with Crippen LogP contribution in [-0.2, 0) is 9.21 Å². The van der Waals surface area contributed by atoms with E-state index in [9.17, 15) is 4.79 Å². The lowest BCUT2D eigenvalue weighted by atomic mass is 9.83. The summed E-state index contributed by atoms with van der Waals surface area (Å²) < 4.78 is -1.51. The van der Waals surface area contributed by atoms with Gasteiger partial charge in [0.25, 0.3) is 0 Å². The van der Waals surface area contributed by atoms with Crippen LogP contribution in [0.3, 0.4) is 0 Å². The highest BCUT2D eigenvalue weighted by Crippen LogP contribution is 2.47. The summed E-state index contributed by atoms with van der Waals surface area (Å²) in [5.74, 6) is -0.102. The average molecular weight is 429 g/mol. The van der Waals surface area contributed by atoms with Crippen molar-refractivity contribution in [3.05, 3.63) is 76.0 Å². The van der Waals surface area contributed by atoms with Gasteiger partial charge in [-0.1, -0.05) is 84.5 Å².